The van der Waals surface area contributed by atoms with Gasteiger partial charge in [-0.05, 0) is 24.5 Å². The Labute approximate surface area is 211 Å². The first kappa shape index (κ1) is 24.0. The zero-order valence-corrected chi connectivity index (χ0v) is 20.6. The van der Waals surface area contributed by atoms with Gasteiger partial charge in [-0.3, -0.25) is 9.59 Å². The molecule has 1 aromatic carbocycles. The van der Waals surface area contributed by atoms with Crippen LogP contribution >= 0.6 is 11.8 Å². The van der Waals surface area contributed by atoms with Gasteiger partial charge in [-0.25, -0.2) is 14.6 Å². The normalized spacial score (nSPS) is 19.9. The minimum absolute atomic E-state index is 0.188. The van der Waals surface area contributed by atoms with Crippen LogP contribution in [0.15, 0.2) is 41.9 Å². The largest absolute Gasteiger partial charge is 0.493 e. The number of ether oxygens (including phenoxy) is 3. The van der Waals surface area contributed by atoms with E-state index < -0.39 is 12.1 Å². The highest BCUT2D eigenvalue weighted by Gasteiger charge is 2.38. The molecule has 4 bridgehead atoms. The first-order chi connectivity index (χ1) is 17.5. The number of rotatable bonds is 3. The molecular formula is C23H25N7O5S. The average molecular weight is 512 g/mol. The van der Waals surface area contributed by atoms with Gasteiger partial charge in [0.05, 0.1) is 44.2 Å². The molecule has 2 amide bonds. The van der Waals surface area contributed by atoms with E-state index in [1.165, 1.54) is 24.2 Å². The molecule has 0 unspecified atom stereocenters. The van der Waals surface area contributed by atoms with Crippen LogP contribution in [0, 0.1) is 0 Å². The summed E-state index contributed by atoms with van der Waals surface area (Å²) in [4.78, 5) is 36.3. The maximum atomic E-state index is 13.2. The number of aromatic nitrogens is 5. The van der Waals surface area contributed by atoms with E-state index in [9.17, 15) is 9.59 Å². The predicted molar refractivity (Wildman–Crippen MR) is 128 cm³/mol. The maximum Gasteiger partial charge on any atom is 0.257 e. The molecule has 2 aliphatic heterocycles. The van der Waals surface area contributed by atoms with Gasteiger partial charge in [0.25, 0.3) is 11.8 Å². The summed E-state index contributed by atoms with van der Waals surface area (Å²) in [6.45, 7) is 1.52. The average Bonchev–Trinajstić information content (AvgIpc) is 3.53. The summed E-state index contributed by atoms with van der Waals surface area (Å²) in [7, 11) is 1.54. The Morgan fingerprint density at radius 2 is 2.08 bits per heavy atom. The Hall–Kier alpha value is -3.71. The summed E-state index contributed by atoms with van der Waals surface area (Å²) < 4.78 is 19.0. The fourth-order valence-electron chi connectivity index (χ4n) is 4.10. The Bertz CT molecular complexity index is 1250. The van der Waals surface area contributed by atoms with Crippen LogP contribution in [0.1, 0.15) is 26.4 Å². The van der Waals surface area contributed by atoms with E-state index in [1.54, 1.807) is 41.1 Å². The molecule has 36 heavy (non-hydrogen) atoms. The predicted octanol–water partition coefficient (Wildman–Crippen LogP) is 1.03. The van der Waals surface area contributed by atoms with E-state index in [-0.39, 0.29) is 25.0 Å². The fourth-order valence-corrected chi connectivity index (χ4v) is 4.42. The monoisotopic (exact) mass is 511 g/mol. The number of benzene rings is 1. The molecule has 1 saturated heterocycles. The summed E-state index contributed by atoms with van der Waals surface area (Å²) in [5.74, 6) is 0.435. The Balaban J connectivity index is 1.40. The molecule has 5 rings (SSSR count). The number of carbonyl (C=O) groups excluding carboxylic acids is 2. The van der Waals surface area contributed by atoms with Gasteiger partial charge in [0.2, 0.25) is 0 Å². The van der Waals surface area contributed by atoms with Crippen molar-refractivity contribution >= 4 is 23.6 Å². The second-order valence-electron chi connectivity index (χ2n) is 8.29. The highest BCUT2D eigenvalue weighted by Crippen LogP contribution is 2.28. The number of nitrogens with zero attached hydrogens (tertiary/aromatic N) is 6. The number of hydrogen-bond acceptors (Lipinski definition) is 10. The van der Waals surface area contributed by atoms with Crippen molar-refractivity contribution in [2.24, 2.45) is 0 Å². The molecule has 2 aromatic heterocycles. The molecule has 13 heteroatoms. The quantitative estimate of drug-likeness (QED) is 0.401. The van der Waals surface area contributed by atoms with E-state index in [1.807, 2.05) is 6.26 Å². The molecule has 2 atom stereocenters. The molecule has 1 N–H and O–H groups in total. The van der Waals surface area contributed by atoms with Crippen LogP contribution in [0.3, 0.4) is 0 Å². The fraction of sp³-hybridized carbons (Fsp3) is 0.391. The lowest BCUT2D eigenvalue weighted by atomic mass is 10.1. The van der Waals surface area contributed by atoms with Crippen LogP contribution in [-0.4, -0.2) is 86.9 Å². The smallest absolute Gasteiger partial charge is 0.257 e. The number of likely N-dealkylation sites (tertiary alicyclic amines) is 1. The van der Waals surface area contributed by atoms with Gasteiger partial charge < -0.3 is 24.4 Å². The van der Waals surface area contributed by atoms with Crippen molar-refractivity contribution in [3.8, 4) is 11.5 Å². The van der Waals surface area contributed by atoms with Gasteiger partial charge in [0, 0.05) is 31.0 Å². The van der Waals surface area contributed by atoms with Crippen molar-refractivity contribution in [2.45, 2.75) is 30.5 Å². The molecule has 3 aromatic rings. The molecule has 0 spiro atoms. The van der Waals surface area contributed by atoms with E-state index in [0.29, 0.717) is 53.2 Å². The number of fused-ring (bicyclic) bond motifs is 5. The van der Waals surface area contributed by atoms with Crippen molar-refractivity contribution in [3.05, 3.63) is 53.6 Å². The number of carbonyl (C=O) groups is 2. The zero-order chi connectivity index (χ0) is 25.1. The minimum atomic E-state index is -0.450. The molecule has 2 aliphatic rings. The van der Waals surface area contributed by atoms with Crippen molar-refractivity contribution < 1.29 is 23.8 Å². The molecule has 12 nitrogen and oxygen atoms in total. The number of methoxy groups -OCH3 is 1. The molecule has 0 aliphatic carbocycles. The summed E-state index contributed by atoms with van der Waals surface area (Å²) in [6.07, 6.45) is 6.23. The zero-order valence-electron chi connectivity index (χ0n) is 19.8. The lowest BCUT2D eigenvalue weighted by Gasteiger charge is -2.20. The SMILES string of the molecule is COc1ccc2cc1OCCn1cc(nn1)CO[C@H]1CN(C(=O)c3cnc(SC)nc3)C[C@@H]1NC2=O. The van der Waals surface area contributed by atoms with Crippen molar-refractivity contribution in [3.63, 3.8) is 0 Å². The van der Waals surface area contributed by atoms with Crippen LogP contribution in [0.2, 0.25) is 0 Å². The van der Waals surface area contributed by atoms with Crippen molar-refractivity contribution in [2.75, 3.05) is 33.1 Å². The number of nitrogens with one attached hydrogen (secondary N) is 1. The summed E-state index contributed by atoms with van der Waals surface area (Å²) in [5.41, 5.74) is 1.42. The van der Waals surface area contributed by atoms with Gasteiger partial charge in [-0.15, -0.1) is 5.10 Å². The van der Waals surface area contributed by atoms with Crippen LogP contribution in [0.4, 0.5) is 0 Å². The van der Waals surface area contributed by atoms with Gasteiger partial charge in [0.1, 0.15) is 12.3 Å². The third-order valence-electron chi connectivity index (χ3n) is 5.96. The number of thioether (sulfide) groups is 1. The van der Waals surface area contributed by atoms with E-state index in [4.69, 9.17) is 14.2 Å². The third-order valence-corrected chi connectivity index (χ3v) is 6.54. The second-order valence-corrected chi connectivity index (χ2v) is 9.06. The second kappa shape index (κ2) is 10.5. The first-order valence-electron chi connectivity index (χ1n) is 11.3. The molecule has 188 valence electrons. The lowest BCUT2D eigenvalue weighted by molar-refractivity contribution is 0.0291. The van der Waals surface area contributed by atoms with E-state index in [2.05, 4.69) is 25.6 Å². The molecule has 0 radical (unpaired) electrons. The molecule has 0 saturated carbocycles. The van der Waals surface area contributed by atoms with Crippen LogP contribution < -0.4 is 14.8 Å². The Morgan fingerprint density at radius 3 is 2.86 bits per heavy atom. The first-order valence-corrected chi connectivity index (χ1v) is 12.5. The van der Waals surface area contributed by atoms with Crippen molar-refractivity contribution in [1.82, 2.24) is 35.2 Å². The van der Waals surface area contributed by atoms with Gasteiger partial charge >= 0.3 is 0 Å². The number of hydrogen-bond donors (Lipinski definition) is 1. The van der Waals surface area contributed by atoms with Gasteiger partial charge in [-0.2, -0.15) is 0 Å². The standard InChI is InChI=1S/C23H25N7O5S/c1-33-18-4-3-14-7-19(18)34-6-5-30-10-16(27-28-30)13-35-20-12-29(11-17(20)26-21(14)31)22(32)15-8-24-23(36-2)25-9-15/h3-4,7-10,17,20H,5-6,11-13H2,1-2H3,(H,26,31)/t17-,20-/m0/s1. The van der Waals surface area contributed by atoms with Crippen LogP contribution in [-0.2, 0) is 17.9 Å². The summed E-state index contributed by atoms with van der Waals surface area (Å²) in [6, 6.07) is 4.55. The highest BCUT2D eigenvalue weighted by atomic mass is 32.2. The molecular weight excluding hydrogens is 486 g/mol. The van der Waals surface area contributed by atoms with Crippen LogP contribution in [0.25, 0.3) is 0 Å². The maximum absolute atomic E-state index is 13.2. The Kier molecular flexibility index (Phi) is 7.00. The van der Waals surface area contributed by atoms with Gasteiger partial charge in [0.15, 0.2) is 16.7 Å². The van der Waals surface area contributed by atoms with E-state index in [0.717, 1.165) is 0 Å². The number of amides is 2. The lowest BCUT2D eigenvalue weighted by Crippen LogP contribution is -2.44. The van der Waals surface area contributed by atoms with E-state index >= 15 is 0 Å². The highest BCUT2D eigenvalue weighted by molar-refractivity contribution is 7.98. The summed E-state index contributed by atoms with van der Waals surface area (Å²) >= 11 is 1.40. The molecule has 1 fully saturated rings. The minimum Gasteiger partial charge on any atom is -0.493 e. The van der Waals surface area contributed by atoms with Crippen molar-refractivity contribution in [1.29, 1.82) is 0 Å². The molecule has 4 heterocycles. The van der Waals surface area contributed by atoms with Crippen LogP contribution in [0.5, 0.6) is 11.5 Å². The summed E-state index contributed by atoms with van der Waals surface area (Å²) in [5, 5.41) is 11.9. The topological polar surface area (TPSA) is 134 Å². The Morgan fingerprint density at radius 1 is 1.25 bits per heavy atom. The van der Waals surface area contributed by atoms with Gasteiger partial charge in [-0.1, -0.05) is 17.0 Å². The third kappa shape index (κ3) is 5.11.